The van der Waals surface area contributed by atoms with Gasteiger partial charge in [0.25, 0.3) is 11.8 Å². The molecule has 3 N–H and O–H groups in total. The zero-order valence-electron chi connectivity index (χ0n) is 15.1. The number of hydrogen-bond donors (Lipinski definition) is 3. The van der Waals surface area contributed by atoms with Gasteiger partial charge in [-0.25, -0.2) is 13.1 Å². The Bertz CT molecular complexity index is 965. The Hall–Kier alpha value is -2.95. The van der Waals surface area contributed by atoms with Crippen LogP contribution in [0, 0.1) is 0 Å². The molecule has 0 bridgehead atoms. The van der Waals surface area contributed by atoms with Crippen molar-refractivity contribution in [2.45, 2.75) is 11.3 Å². The van der Waals surface area contributed by atoms with E-state index in [0.717, 1.165) is 0 Å². The number of hydrogen-bond acceptors (Lipinski definition) is 6. The van der Waals surface area contributed by atoms with E-state index in [9.17, 15) is 22.8 Å². The Morgan fingerprint density at radius 2 is 1.59 bits per heavy atom. The van der Waals surface area contributed by atoms with E-state index in [1.54, 1.807) is 30.3 Å². The SMILES string of the molecule is O=C(COC(=O)CCNS(=O)(=O)c1ccc(Cl)cc1)NNC(=O)c1ccccc1. The largest absolute Gasteiger partial charge is 0.455 e. The molecule has 0 aliphatic carbocycles. The first-order valence-corrected chi connectivity index (χ1v) is 10.2. The van der Waals surface area contributed by atoms with Crippen molar-refractivity contribution >= 4 is 39.4 Å². The van der Waals surface area contributed by atoms with Crippen molar-refractivity contribution in [1.82, 2.24) is 15.6 Å². The second-order valence-corrected chi connectivity index (χ2v) is 7.83. The van der Waals surface area contributed by atoms with Crippen LogP contribution >= 0.6 is 11.6 Å². The molecule has 0 unspecified atom stereocenters. The smallest absolute Gasteiger partial charge is 0.307 e. The topological polar surface area (TPSA) is 131 Å². The van der Waals surface area contributed by atoms with Gasteiger partial charge < -0.3 is 4.74 Å². The van der Waals surface area contributed by atoms with Gasteiger partial charge in [0.2, 0.25) is 10.0 Å². The van der Waals surface area contributed by atoms with Gasteiger partial charge in [-0.15, -0.1) is 0 Å². The summed E-state index contributed by atoms with van der Waals surface area (Å²) in [5.41, 5.74) is 4.63. The van der Waals surface area contributed by atoms with E-state index in [4.69, 9.17) is 16.3 Å². The summed E-state index contributed by atoms with van der Waals surface area (Å²) < 4.78 is 31.1. The summed E-state index contributed by atoms with van der Waals surface area (Å²) in [7, 11) is -3.79. The van der Waals surface area contributed by atoms with Crippen molar-refractivity contribution in [3.63, 3.8) is 0 Å². The second-order valence-electron chi connectivity index (χ2n) is 5.63. The van der Waals surface area contributed by atoms with Crippen LogP contribution in [0.15, 0.2) is 59.5 Å². The first-order valence-electron chi connectivity index (χ1n) is 8.33. The van der Waals surface area contributed by atoms with Crippen LogP contribution in [-0.2, 0) is 24.3 Å². The maximum Gasteiger partial charge on any atom is 0.307 e. The van der Waals surface area contributed by atoms with Crippen LogP contribution in [0.3, 0.4) is 0 Å². The van der Waals surface area contributed by atoms with Crippen molar-refractivity contribution in [3.8, 4) is 0 Å². The van der Waals surface area contributed by atoms with Gasteiger partial charge in [-0.1, -0.05) is 29.8 Å². The molecule has 0 heterocycles. The van der Waals surface area contributed by atoms with Crippen LogP contribution in [0.5, 0.6) is 0 Å². The van der Waals surface area contributed by atoms with E-state index in [2.05, 4.69) is 15.6 Å². The summed E-state index contributed by atoms with van der Waals surface area (Å²) >= 11 is 5.71. The Labute approximate surface area is 172 Å². The van der Waals surface area contributed by atoms with Gasteiger partial charge in [-0.05, 0) is 36.4 Å². The number of benzene rings is 2. The predicted molar refractivity (Wildman–Crippen MR) is 104 cm³/mol. The maximum absolute atomic E-state index is 12.0. The number of nitrogens with one attached hydrogen (secondary N) is 3. The zero-order valence-corrected chi connectivity index (χ0v) is 16.6. The number of halogens is 1. The average Bonchev–Trinajstić information content (AvgIpc) is 2.71. The Morgan fingerprint density at radius 1 is 0.931 bits per heavy atom. The number of carbonyl (C=O) groups is 3. The molecular weight excluding hydrogens is 422 g/mol. The number of ether oxygens (including phenoxy) is 1. The molecule has 0 spiro atoms. The standard InChI is InChI=1S/C18H18ClN3O6S/c19-14-6-8-15(9-7-14)29(26,27)20-11-10-17(24)28-12-16(23)21-22-18(25)13-4-2-1-3-5-13/h1-9,20H,10-12H2,(H,21,23)(H,22,25). The van der Waals surface area contributed by atoms with Gasteiger partial charge in [0.05, 0.1) is 11.3 Å². The number of amides is 2. The van der Waals surface area contributed by atoms with Crippen LogP contribution in [0.2, 0.25) is 5.02 Å². The van der Waals surface area contributed by atoms with Crippen LogP contribution in [0.1, 0.15) is 16.8 Å². The molecule has 9 nitrogen and oxygen atoms in total. The predicted octanol–water partition coefficient (Wildman–Crippen LogP) is 1.01. The number of rotatable bonds is 8. The molecule has 0 aromatic heterocycles. The molecular formula is C18H18ClN3O6S. The molecule has 0 aliphatic heterocycles. The number of hydrazine groups is 1. The first kappa shape index (κ1) is 22.3. The maximum atomic E-state index is 12.0. The monoisotopic (exact) mass is 439 g/mol. The van der Waals surface area contributed by atoms with Crippen molar-refractivity contribution in [1.29, 1.82) is 0 Å². The minimum absolute atomic E-state index is 0.00352. The summed E-state index contributed by atoms with van der Waals surface area (Å²) in [6.45, 7) is -0.839. The van der Waals surface area contributed by atoms with Gasteiger partial charge >= 0.3 is 5.97 Å². The lowest BCUT2D eigenvalue weighted by Gasteiger charge is -2.09. The quantitative estimate of drug-likeness (QED) is 0.415. The van der Waals surface area contributed by atoms with Gasteiger partial charge in [-0.2, -0.15) is 0 Å². The summed E-state index contributed by atoms with van der Waals surface area (Å²) in [5, 5.41) is 0.394. The first-order chi connectivity index (χ1) is 13.8. The average molecular weight is 440 g/mol. The molecule has 0 saturated heterocycles. The molecule has 11 heteroatoms. The number of carbonyl (C=O) groups excluding carboxylic acids is 3. The highest BCUT2D eigenvalue weighted by Gasteiger charge is 2.15. The summed E-state index contributed by atoms with van der Waals surface area (Å²) in [4.78, 5) is 35.0. The summed E-state index contributed by atoms with van der Waals surface area (Å²) in [6, 6.07) is 13.7. The second kappa shape index (κ2) is 10.6. The lowest BCUT2D eigenvalue weighted by atomic mass is 10.2. The van der Waals surface area contributed by atoms with E-state index in [0.29, 0.717) is 10.6 Å². The fourth-order valence-electron chi connectivity index (χ4n) is 2.03. The minimum atomic E-state index is -3.79. The van der Waals surface area contributed by atoms with Gasteiger partial charge in [0.1, 0.15) is 0 Å². The van der Waals surface area contributed by atoms with E-state index in [-0.39, 0.29) is 17.9 Å². The lowest BCUT2D eigenvalue weighted by Crippen LogP contribution is -2.43. The Balaban J connectivity index is 1.67. The van der Waals surface area contributed by atoms with E-state index < -0.39 is 34.4 Å². The molecule has 29 heavy (non-hydrogen) atoms. The third-order valence-electron chi connectivity index (χ3n) is 3.46. The van der Waals surface area contributed by atoms with Crippen LogP contribution in [0.25, 0.3) is 0 Å². The molecule has 2 amide bonds. The highest BCUT2D eigenvalue weighted by Crippen LogP contribution is 2.13. The molecule has 0 atom stereocenters. The molecule has 0 radical (unpaired) electrons. The number of esters is 1. The molecule has 0 aliphatic rings. The Kier molecular flexibility index (Phi) is 8.13. The van der Waals surface area contributed by atoms with Crippen molar-refractivity contribution in [2.24, 2.45) is 0 Å². The van der Waals surface area contributed by atoms with Crippen molar-refractivity contribution in [2.75, 3.05) is 13.2 Å². The van der Waals surface area contributed by atoms with Crippen LogP contribution < -0.4 is 15.6 Å². The van der Waals surface area contributed by atoms with E-state index in [1.165, 1.54) is 24.3 Å². The molecule has 154 valence electrons. The minimum Gasteiger partial charge on any atom is -0.455 e. The third-order valence-corrected chi connectivity index (χ3v) is 5.19. The third kappa shape index (κ3) is 7.53. The fourth-order valence-corrected chi connectivity index (χ4v) is 3.18. The van der Waals surface area contributed by atoms with E-state index >= 15 is 0 Å². The normalized spacial score (nSPS) is 10.8. The summed E-state index contributed by atoms with van der Waals surface area (Å²) in [6.07, 6.45) is -0.281. The number of sulfonamides is 1. The highest BCUT2D eigenvalue weighted by atomic mass is 35.5. The van der Waals surface area contributed by atoms with Crippen molar-refractivity contribution < 1.29 is 27.5 Å². The van der Waals surface area contributed by atoms with Crippen LogP contribution in [-0.4, -0.2) is 39.4 Å². The molecule has 0 saturated carbocycles. The molecule has 2 rings (SSSR count). The molecule has 0 fully saturated rings. The molecule has 2 aromatic rings. The Morgan fingerprint density at radius 3 is 2.24 bits per heavy atom. The lowest BCUT2D eigenvalue weighted by molar-refractivity contribution is -0.148. The van der Waals surface area contributed by atoms with Crippen molar-refractivity contribution in [3.05, 3.63) is 65.2 Å². The van der Waals surface area contributed by atoms with Crippen LogP contribution in [0.4, 0.5) is 0 Å². The van der Waals surface area contributed by atoms with Gasteiger partial charge in [0, 0.05) is 17.1 Å². The summed E-state index contributed by atoms with van der Waals surface area (Å²) in [5.74, 6) is -2.06. The van der Waals surface area contributed by atoms with Gasteiger partial charge in [0.15, 0.2) is 6.61 Å². The highest BCUT2D eigenvalue weighted by molar-refractivity contribution is 7.89. The van der Waals surface area contributed by atoms with E-state index in [1.807, 2.05) is 0 Å². The van der Waals surface area contributed by atoms with Gasteiger partial charge in [-0.3, -0.25) is 25.2 Å². The zero-order chi connectivity index (χ0) is 21.3. The molecule has 2 aromatic carbocycles. The fraction of sp³-hybridized carbons (Fsp3) is 0.167.